The van der Waals surface area contributed by atoms with Crippen molar-refractivity contribution in [2.45, 2.75) is 26.7 Å². The summed E-state index contributed by atoms with van der Waals surface area (Å²) < 4.78 is 0. The van der Waals surface area contributed by atoms with Crippen molar-refractivity contribution in [3.63, 3.8) is 0 Å². The fourth-order valence-corrected chi connectivity index (χ4v) is 1.92. The number of amides is 1. The van der Waals surface area contributed by atoms with Crippen LogP contribution in [-0.2, 0) is 4.79 Å². The molecular formula is C11H19NO. The summed E-state index contributed by atoms with van der Waals surface area (Å²) in [6.07, 6.45) is 3.71. The van der Waals surface area contributed by atoms with Crippen LogP contribution in [0.15, 0.2) is 12.7 Å². The van der Waals surface area contributed by atoms with Crippen molar-refractivity contribution in [2.24, 2.45) is 11.8 Å². The van der Waals surface area contributed by atoms with Crippen molar-refractivity contribution in [3.8, 4) is 0 Å². The zero-order chi connectivity index (χ0) is 9.84. The first-order valence-corrected chi connectivity index (χ1v) is 5.06. The number of hydrogen-bond donors (Lipinski definition) is 0. The van der Waals surface area contributed by atoms with E-state index in [4.69, 9.17) is 0 Å². The fourth-order valence-electron chi connectivity index (χ4n) is 1.92. The first-order valence-electron chi connectivity index (χ1n) is 5.06. The summed E-state index contributed by atoms with van der Waals surface area (Å²) >= 11 is 0. The molecule has 0 atom stereocenters. The van der Waals surface area contributed by atoms with Gasteiger partial charge in [-0.3, -0.25) is 4.79 Å². The molecule has 0 radical (unpaired) electrons. The highest BCUT2D eigenvalue weighted by molar-refractivity contribution is 5.87. The minimum atomic E-state index is 0.0854. The van der Waals surface area contributed by atoms with Gasteiger partial charge in [0.25, 0.3) is 0 Å². The average molecular weight is 181 g/mol. The minimum absolute atomic E-state index is 0.0854. The van der Waals surface area contributed by atoms with E-state index in [1.54, 1.807) is 0 Å². The largest absolute Gasteiger partial charge is 0.339 e. The summed E-state index contributed by atoms with van der Waals surface area (Å²) in [5.41, 5.74) is 0. The Hall–Kier alpha value is -0.790. The van der Waals surface area contributed by atoms with E-state index in [0.717, 1.165) is 37.8 Å². The number of piperidine rings is 1. The van der Waals surface area contributed by atoms with Gasteiger partial charge in [-0.1, -0.05) is 20.4 Å². The van der Waals surface area contributed by atoms with Crippen LogP contribution in [0.3, 0.4) is 0 Å². The SMILES string of the molecule is C=CC(=O)N1CCC(C(C)C)CC1. The van der Waals surface area contributed by atoms with Crippen molar-refractivity contribution in [1.29, 1.82) is 0 Å². The molecule has 0 spiro atoms. The van der Waals surface area contributed by atoms with Gasteiger partial charge in [-0.2, -0.15) is 0 Å². The standard InChI is InChI=1S/C11H19NO/c1-4-11(13)12-7-5-10(6-8-12)9(2)3/h4,9-10H,1,5-8H2,2-3H3. The molecule has 0 aliphatic carbocycles. The van der Waals surface area contributed by atoms with E-state index in [0.29, 0.717) is 0 Å². The van der Waals surface area contributed by atoms with E-state index >= 15 is 0 Å². The second-order valence-corrected chi connectivity index (χ2v) is 4.11. The van der Waals surface area contributed by atoms with Gasteiger partial charge in [0.2, 0.25) is 5.91 Å². The third kappa shape index (κ3) is 2.58. The van der Waals surface area contributed by atoms with Gasteiger partial charge < -0.3 is 4.90 Å². The van der Waals surface area contributed by atoms with Gasteiger partial charge in [0, 0.05) is 13.1 Å². The summed E-state index contributed by atoms with van der Waals surface area (Å²) in [6, 6.07) is 0. The summed E-state index contributed by atoms with van der Waals surface area (Å²) in [4.78, 5) is 13.1. The molecule has 74 valence electrons. The van der Waals surface area contributed by atoms with Crippen LogP contribution in [0.5, 0.6) is 0 Å². The van der Waals surface area contributed by atoms with Crippen LogP contribution in [0.2, 0.25) is 0 Å². The molecule has 1 saturated heterocycles. The Labute approximate surface area is 80.6 Å². The molecule has 1 aliphatic rings. The third-order valence-electron chi connectivity index (χ3n) is 2.97. The lowest BCUT2D eigenvalue weighted by Crippen LogP contribution is -2.38. The van der Waals surface area contributed by atoms with E-state index in [-0.39, 0.29) is 5.91 Å². The maximum absolute atomic E-state index is 11.3. The van der Waals surface area contributed by atoms with Crippen LogP contribution in [0.4, 0.5) is 0 Å². The van der Waals surface area contributed by atoms with Gasteiger partial charge in [-0.05, 0) is 30.8 Å². The lowest BCUT2D eigenvalue weighted by atomic mass is 9.87. The summed E-state index contributed by atoms with van der Waals surface area (Å²) in [6.45, 7) is 9.84. The number of nitrogens with zero attached hydrogens (tertiary/aromatic N) is 1. The molecule has 2 heteroatoms. The first-order chi connectivity index (χ1) is 6.15. The Morgan fingerprint density at radius 2 is 2.00 bits per heavy atom. The van der Waals surface area contributed by atoms with Crippen molar-refractivity contribution in [1.82, 2.24) is 4.90 Å². The lowest BCUT2D eigenvalue weighted by molar-refractivity contribution is -0.127. The van der Waals surface area contributed by atoms with Gasteiger partial charge in [-0.15, -0.1) is 0 Å². The Balaban J connectivity index is 2.38. The van der Waals surface area contributed by atoms with Gasteiger partial charge in [-0.25, -0.2) is 0 Å². The van der Waals surface area contributed by atoms with Crippen LogP contribution in [-0.4, -0.2) is 23.9 Å². The molecular weight excluding hydrogens is 162 g/mol. The zero-order valence-corrected chi connectivity index (χ0v) is 8.62. The topological polar surface area (TPSA) is 20.3 Å². The van der Waals surface area contributed by atoms with E-state index in [1.165, 1.54) is 6.08 Å². The molecule has 0 aromatic heterocycles. The first kappa shape index (κ1) is 10.3. The molecule has 0 N–H and O–H groups in total. The Kier molecular flexibility index (Phi) is 3.52. The third-order valence-corrected chi connectivity index (χ3v) is 2.97. The summed E-state index contributed by atoms with van der Waals surface area (Å²) in [5, 5.41) is 0. The molecule has 1 fully saturated rings. The lowest BCUT2D eigenvalue weighted by Gasteiger charge is -2.33. The van der Waals surface area contributed by atoms with Gasteiger partial charge in [0.15, 0.2) is 0 Å². The molecule has 0 aromatic carbocycles. The normalized spacial score (nSPS) is 19.2. The number of carbonyl (C=O) groups is 1. The minimum Gasteiger partial charge on any atom is -0.339 e. The van der Waals surface area contributed by atoms with Crippen molar-refractivity contribution in [2.75, 3.05) is 13.1 Å². The molecule has 1 heterocycles. The number of rotatable bonds is 2. The Morgan fingerprint density at radius 3 is 2.38 bits per heavy atom. The molecule has 0 unspecified atom stereocenters. The molecule has 1 aliphatic heterocycles. The second kappa shape index (κ2) is 4.45. The van der Waals surface area contributed by atoms with Crippen molar-refractivity contribution in [3.05, 3.63) is 12.7 Å². The summed E-state index contributed by atoms with van der Waals surface area (Å²) in [7, 11) is 0. The monoisotopic (exact) mass is 181 g/mol. The molecule has 1 rings (SSSR count). The molecule has 0 aromatic rings. The van der Waals surface area contributed by atoms with E-state index in [9.17, 15) is 4.79 Å². The fraction of sp³-hybridized carbons (Fsp3) is 0.727. The van der Waals surface area contributed by atoms with Gasteiger partial charge >= 0.3 is 0 Å². The predicted molar refractivity (Wildman–Crippen MR) is 54.3 cm³/mol. The highest BCUT2D eigenvalue weighted by Crippen LogP contribution is 2.24. The molecule has 1 amide bonds. The molecule has 0 bridgehead atoms. The quantitative estimate of drug-likeness (QED) is 0.597. The maximum atomic E-state index is 11.3. The second-order valence-electron chi connectivity index (χ2n) is 4.11. The summed E-state index contributed by atoms with van der Waals surface area (Å²) in [5.74, 6) is 1.64. The molecule has 0 saturated carbocycles. The molecule has 2 nitrogen and oxygen atoms in total. The van der Waals surface area contributed by atoms with E-state index < -0.39 is 0 Å². The van der Waals surface area contributed by atoms with E-state index in [2.05, 4.69) is 20.4 Å². The Bertz CT molecular complexity index is 190. The number of likely N-dealkylation sites (tertiary alicyclic amines) is 1. The van der Waals surface area contributed by atoms with Gasteiger partial charge in [0.05, 0.1) is 0 Å². The van der Waals surface area contributed by atoms with Crippen LogP contribution >= 0.6 is 0 Å². The van der Waals surface area contributed by atoms with Crippen molar-refractivity contribution >= 4 is 5.91 Å². The van der Waals surface area contributed by atoms with Gasteiger partial charge in [0.1, 0.15) is 0 Å². The van der Waals surface area contributed by atoms with E-state index in [1.807, 2.05) is 4.90 Å². The van der Waals surface area contributed by atoms with Crippen molar-refractivity contribution < 1.29 is 4.79 Å². The predicted octanol–water partition coefficient (Wildman–Crippen LogP) is 2.07. The Morgan fingerprint density at radius 1 is 1.46 bits per heavy atom. The van der Waals surface area contributed by atoms with Crippen LogP contribution in [0.25, 0.3) is 0 Å². The highest BCUT2D eigenvalue weighted by Gasteiger charge is 2.22. The maximum Gasteiger partial charge on any atom is 0.245 e. The zero-order valence-electron chi connectivity index (χ0n) is 8.62. The number of carbonyl (C=O) groups excluding carboxylic acids is 1. The van der Waals surface area contributed by atoms with Crippen LogP contribution < -0.4 is 0 Å². The average Bonchev–Trinajstić information content (AvgIpc) is 2.17. The van der Waals surface area contributed by atoms with Crippen LogP contribution in [0.1, 0.15) is 26.7 Å². The smallest absolute Gasteiger partial charge is 0.245 e. The molecule has 13 heavy (non-hydrogen) atoms. The van der Waals surface area contributed by atoms with Crippen LogP contribution in [0, 0.1) is 11.8 Å². The highest BCUT2D eigenvalue weighted by atomic mass is 16.2. The number of hydrogen-bond acceptors (Lipinski definition) is 1.